The van der Waals surface area contributed by atoms with E-state index in [9.17, 15) is 4.79 Å². The smallest absolute Gasteiger partial charge is 0.270 e. The SMILES string of the molecule is Cc1nc2nccc(C(=O)NCc3cc(Br)cs3)n2n1. The maximum atomic E-state index is 12.2. The molecule has 3 aromatic heterocycles. The van der Waals surface area contributed by atoms with Crippen molar-refractivity contribution in [3.05, 3.63) is 44.6 Å². The van der Waals surface area contributed by atoms with Gasteiger partial charge in [0.1, 0.15) is 11.5 Å². The van der Waals surface area contributed by atoms with Crippen molar-refractivity contribution in [2.75, 3.05) is 0 Å². The zero-order valence-electron chi connectivity index (χ0n) is 10.5. The Kier molecular flexibility index (Phi) is 3.49. The van der Waals surface area contributed by atoms with E-state index >= 15 is 0 Å². The number of thiophene rings is 1. The highest BCUT2D eigenvalue weighted by atomic mass is 79.9. The third-order valence-electron chi connectivity index (χ3n) is 2.62. The van der Waals surface area contributed by atoms with E-state index in [-0.39, 0.29) is 5.91 Å². The fourth-order valence-electron chi connectivity index (χ4n) is 1.77. The van der Waals surface area contributed by atoms with Gasteiger partial charge >= 0.3 is 0 Å². The Labute approximate surface area is 127 Å². The summed E-state index contributed by atoms with van der Waals surface area (Å²) in [4.78, 5) is 21.5. The van der Waals surface area contributed by atoms with E-state index in [0.29, 0.717) is 23.8 Å². The first-order valence-electron chi connectivity index (χ1n) is 5.83. The van der Waals surface area contributed by atoms with Gasteiger partial charge in [0, 0.05) is 20.9 Å². The van der Waals surface area contributed by atoms with Gasteiger partial charge in [-0.15, -0.1) is 16.4 Å². The van der Waals surface area contributed by atoms with Gasteiger partial charge in [-0.2, -0.15) is 9.50 Å². The molecule has 0 aliphatic carbocycles. The van der Waals surface area contributed by atoms with Crippen LogP contribution >= 0.6 is 27.3 Å². The van der Waals surface area contributed by atoms with Crippen molar-refractivity contribution in [1.29, 1.82) is 0 Å². The quantitative estimate of drug-likeness (QED) is 0.784. The summed E-state index contributed by atoms with van der Waals surface area (Å²) in [5.41, 5.74) is 0.422. The van der Waals surface area contributed by atoms with Crippen molar-refractivity contribution in [3.63, 3.8) is 0 Å². The van der Waals surface area contributed by atoms with Crippen LogP contribution in [0.5, 0.6) is 0 Å². The number of carbonyl (C=O) groups is 1. The molecular formula is C12H10BrN5OS. The number of aryl methyl sites for hydroxylation is 1. The summed E-state index contributed by atoms with van der Waals surface area (Å²) in [5.74, 6) is 0.806. The minimum absolute atomic E-state index is 0.202. The molecule has 0 aliphatic rings. The number of carbonyl (C=O) groups excluding carboxylic acids is 1. The van der Waals surface area contributed by atoms with Crippen LogP contribution in [0.4, 0.5) is 0 Å². The second kappa shape index (κ2) is 5.29. The molecule has 0 bridgehead atoms. The average Bonchev–Trinajstić information content (AvgIpc) is 3.00. The molecule has 20 heavy (non-hydrogen) atoms. The third kappa shape index (κ3) is 2.56. The lowest BCUT2D eigenvalue weighted by molar-refractivity contribution is 0.0943. The molecular weight excluding hydrogens is 342 g/mol. The minimum atomic E-state index is -0.202. The van der Waals surface area contributed by atoms with Gasteiger partial charge in [-0.1, -0.05) is 0 Å². The van der Waals surface area contributed by atoms with Gasteiger partial charge in [0.15, 0.2) is 0 Å². The molecule has 1 N–H and O–H groups in total. The van der Waals surface area contributed by atoms with E-state index in [0.717, 1.165) is 9.35 Å². The molecule has 0 unspecified atom stereocenters. The standard InChI is InChI=1S/C12H10BrN5OS/c1-7-16-12-14-3-2-10(18(12)17-7)11(19)15-5-9-4-8(13)6-20-9/h2-4,6H,5H2,1H3,(H,15,19). The summed E-state index contributed by atoms with van der Waals surface area (Å²) in [6.45, 7) is 2.24. The number of amides is 1. The Balaban J connectivity index is 1.81. The Hall–Kier alpha value is -1.80. The van der Waals surface area contributed by atoms with Crippen LogP contribution in [0.25, 0.3) is 5.78 Å². The van der Waals surface area contributed by atoms with E-state index in [2.05, 4.69) is 36.3 Å². The lowest BCUT2D eigenvalue weighted by Gasteiger charge is -2.04. The minimum Gasteiger partial charge on any atom is -0.346 e. The molecule has 0 atom stereocenters. The number of rotatable bonds is 3. The molecule has 102 valence electrons. The summed E-state index contributed by atoms with van der Waals surface area (Å²) in [6.07, 6.45) is 1.56. The molecule has 0 saturated heterocycles. The van der Waals surface area contributed by atoms with Crippen LogP contribution in [-0.4, -0.2) is 25.5 Å². The number of fused-ring (bicyclic) bond motifs is 1. The summed E-state index contributed by atoms with van der Waals surface area (Å²) in [6, 6.07) is 3.60. The van der Waals surface area contributed by atoms with Crippen molar-refractivity contribution in [2.45, 2.75) is 13.5 Å². The molecule has 6 nitrogen and oxygen atoms in total. The normalized spacial score (nSPS) is 10.9. The molecule has 0 aromatic carbocycles. The Bertz CT molecular complexity index is 781. The van der Waals surface area contributed by atoms with Crippen LogP contribution in [0.3, 0.4) is 0 Å². The number of nitrogens with zero attached hydrogens (tertiary/aromatic N) is 4. The van der Waals surface area contributed by atoms with E-state index in [1.54, 1.807) is 30.5 Å². The molecule has 3 rings (SSSR count). The molecule has 3 heterocycles. The van der Waals surface area contributed by atoms with Crippen molar-refractivity contribution in [3.8, 4) is 0 Å². The van der Waals surface area contributed by atoms with Gasteiger partial charge in [-0.05, 0) is 35.0 Å². The first-order valence-corrected chi connectivity index (χ1v) is 7.50. The van der Waals surface area contributed by atoms with E-state index < -0.39 is 0 Å². The van der Waals surface area contributed by atoms with Crippen LogP contribution in [-0.2, 0) is 6.54 Å². The summed E-state index contributed by atoms with van der Waals surface area (Å²) >= 11 is 4.97. The van der Waals surface area contributed by atoms with E-state index in [1.807, 2.05) is 11.4 Å². The maximum Gasteiger partial charge on any atom is 0.270 e. The van der Waals surface area contributed by atoms with Crippen LogP contribution in [0.15, 0.2) is 28.2 Å². The number of halogens is 1. The predicted molar refractivity (Wildman–Crippen MR) is 78.7 cm³/mol. The molecule has 0 saturated carbocycles. The topological polar surface area (TPSA) is 72.2 Å². The second-order valence-electron chi connectivity index (χ2n) is 4.11. The Morgan fingerprint density at radius 1 is 1.55 bits per heavy atom. The summed E-state index contributed by atoms with van der Waals surface area (Å²) < 4.78 is 2.47. The summed E-state index contributed by atoms with van der Waals surface area (Å²) in [7, 11) is 0. The lowest BCUT2D eigenvalue weighted by Crippen LogP contribution is -2.25. The van der Waals surface area contributed by atoms with Crippen molar-refractivity contribution >= 4 is 39.0 Å². The predicted octanol–water partition coefficient (Wildman–Crippen LogP) is 2.19. The second-order valence-corrected chi connectivity index (χ2v) is 6.03. The van der Waals surface area contributed by atoms with Gasteiger partial charge in [-0.25, -0.2) is 4.98 Å². The molecule has 8 heteroatoms. The molecule has 1 amide bonds. The third-order valence-corrected chi connectivity index (χ3v) is 4.32. The van der Waals surface area contributed by atoms with Gasteiger partial charge in [0.2, 0.25) is 0 Å². The van der Waals surface area contributed by atoms with Crippen molar-refractivity contribution in [2.24, 2.45) is 0 Å². The molecule has 0 fully saturated rings. The van der Waals surface area contributed by atoms with Gasteiger partial charge in [-0.3, -0.25) is 4.79 Å². The fourth-order valence-corrected chi connectivity index (χ4v) is 3.16. The largest absolute Gasteiger partial charge is 0.346 e. The van der Waals surface area contributed by atoms with Crippen LogP contribution in [0.1, 0.15) is 21.2 Å². The number of nitrogens with one attached hydrogen (secondary N) is 1. The monoisotopic (exact) mass is 351 g/mol. The number of hydrogen-bond donors (Lipinski definition) is 1. The van der Waals surface area contributed by atoms with Crippen molar-refractivity contribution in [1.82, 2.24) is 24.9 Å². The summed E-state index contributed by atoms with van der Waals surface area (Å²) in [5, 5.41) is 9.01. The van der Waals surface area contributed by atoms with Gasteiger partial charge in [0.25, 0.3) is 11.7 Å². The highest BCUT2D eigenvalue weighted by molar-refractivity contribution is 9.10. The lowest BCUT2D eigenvalue weighted by atomic mass is 10.3. The number of hydrogen-bond acceptors (Lipinski definition) is 5. The Morgan fingerprint density at radius 2 is 2.40 bits per heavy atom. The highest BCUT2D eigenvalue weighted by Gasteiger charge is 2.13. The zero-order chi connectivity index (χ0) is 14.1. The first kappa shape index (κ1) is 13.2. The average molecular weight is 352 g/mol. The Morgan fingerprint density at radius 3 is 3.15 bits per heavy atom. The highest BCUT2D eigenvalue weighted by Crippen LogP contribution is 2.19. The van der Waals surface area contributed by atoms with E-state index in [4.69, 9.17) is 0 Å². The van der Waals surface area contributed by atoms with E-state index in [1.165, 1.54) is 4.52 Å². The fraction of sp³-hybridized carbons (Fsp3) is 0.167. The first-order chi connectivity index (χ1) is 9.63. The maximum absolute atomic E-state index is 12.2. The number of aromatic nitrogens is 4. The van der Waals surface area contributed by atoms with Crippen molar-refractivity contribution < 1.29 is 4.79 Å². The van der Waals surface area contributed by atoms with Gasteiger partial charge in [0.05, 0.1) is 6.54 Å². The molecule has 0 radical (unpaired) electrons. The molecule has 3 aromatic rings. The van der Waals surface area contributed by atoms with Crippen LogP contribution in [0.2, 0.25) is 0 Å². The zero-order valence-corrected chi connectivity index (χ0v) is 12.9. The molecule has 0 spiro atoms. The molecule has 0 aliphatic heterocycles. The van der Waals surface area contributed by atoms with Crippen LogP contribution in [0, 0.1) is 6.92 Å². The van der Waals surface area contributed by atoms with Crippen LogP contribution < -0.4 is 5.32 Å². The van der Waals surface area contributed by atoms with Gasteiger partial charge < -0.3 is 5.32 Å².